The van der Waals surface area contributed by atoms with Crippen molar-refractivity contribution in [1.29, 1.82) is 0 Å². The Kier molecular flexibility index (Phi) is 4.62. The number of ether oxygens (including phenoxy) is 2. The molecule has 2 aliphatic rings. The van der Waals surface area contributed by atoms with Gasteiger partial charge in [-0.2, -0.15) is 0 Å². The Balaban J connectivity index is 1.60. The molecule has 3 rings (SSSR count). The van der Waals surface area contributed by atoms with Crippen LogP contribution in [0, 0.1) is 0 Å². The lowest BCUT2D eigenvalue weighted by atomic mass is 10.2. The SMILES string of the molecule is O=C(c1ccnc(NCC2CCCO2)n1)N1CCOCC1. The van der Waals surface area contributed by atoms with E-state index < -0.39 is 0 Å². The van der Waals surface area contributed by atoms with Crippen LogP contribution in [0.2, 0.25) is 0 Å². The average molecular weight is 292 g/mol. The third kappa shape index (κ3) is 3.68. The molecule has 7 nitrogen and oxygen atoms in total. The summed E-state index contributed by atoms with van der Waals surface area (Å²) in [6.45, 7) is 3.89. The fourth-order valence-electron chi connectivity index (χ4n) is 2.50. The van der Waals surface area contributed by atoms with E-state index in [9.17, 15) is 4.79 Å². The van der Waals surface area contributed by atoms with Gasteiger partial charge in [0, 0.05) is 32.4 Å². The summed E-state index contributed by atoms with van der Waals surface area (Å²) in [6, 6.07) is 1.65. The zero-order valence-electron chi connectivity index (χ0n) is 12.0. The molecular formula is C14H20N4O3. The van der Waals surface area contributed by atoms with E-state index in [0.717, 1.165) is 19.4 Å². The van der Waals surface area contributed by atoms with Crippen LogP contribution in [0.5, 0.6) is 0 Å². The van der Waals surface area contributed by atoms with Crippen molar-refractivity contribution in [3.8, 4) is 0 Å². The number of morpholine rings is 1. The summed E-state index contributed by atoms with van der Waals surface area (Å²) in [7, 11) is 0. The van der Waals surface area contributed by atoms with Gasteiger partial charge in [-0.1, -0.05) is 0 Å². The molecule has 0 spiro atoms. The van der Waals surface area contributed by atoms with Gasteiger partial charge in [0.15, 0.2) is 0 Å². The highest BCUT2D eigenvalue weighted by molar-refractivity contribution is 5.92. The molecule has 1 atom stereocenters. The van der Waals surface area contributed by atoms with Gasteiger partial charge in [0.1, 0.15) is 5.69 Å². The first-order chi connectivity index (χ1) is 10.3. The van der Waals surface area contributed by atoms with Crippen molar-refractivity contribution >= 4 is 11.9 Å². The van der Waals surface area contributed by atoms with Crippen LogP contribution in [0.3, 0.4) is 0 Å². The molecule has 21 heavy (non-hydrogen) atoms. The fourth-order valence-corrected chi connectivity index (χ4v) is 2.50. The molecule has 0 radical (unpaired) electrons. The number of hydrogen-bond acceptors (Lipinski definition) is 6. The molecule has 1 unspecified atom stereocenters. The van der Waals surface area contributed by atoms with E-state index in [1.165, 1.54) is 0 Å². The predicted octanol–water partition coefficient (Wildman–Crippen LogP) is 0.540. The van der Waals surface area contributed by atoms with Crippen molar-refractivity contribution in [3.05, 3.63) is 18.0 Å². The second kappa shape index (κ2) is 6.82. The number of carbonyl (C=O) groups excluding carboxylic acids is 1. The summed E-state index contributed by atoms with van der Waals surface area (Å²) >= 11 is 0. The summed E-state index contributed by atoms with van der Waals surface area (Å²) in [4.78, 5) is 22.6. The maximum Gasteiger partial charge on any atom is 0.272 e. The third-order valence-electron chi connectivity index (χ3n) is 3.68. The van der Waals surface area contributed by atoms with Gasteiger partial charge in [-0.15, -0.1) is 0 Å². The first-order valence-corrected chi connectivity index (χ1v) is 7.38. The second-order valence-electron chi connectivity index (χ2n) is 5.19. The average Bonchev–Trinajstić information content (AvgIpc) is 3.07. The van der Waals surface area contributed by atoms with E-state index >= 15 is 0 Å². The largest absolute Gasteiger partial charge is 0.378 e. The Morgan fingerprint density at radius 1 is 1.38 bits per heavy atom. The van der Waals surface area contributed by atoms with Gasteiger partial charge < -0.3 is 19.7 Å². The van der Waals surface area contributed by atoms with Gasteiger partial charge in [0.2, 0.25) is 5.95 Å². The van der Waals surface area contributed by atoms with Crippen LogP contribution in [0.1, 0.15) is 23.3 Å². The molecule has 1 amide bonds. The van der Waals surface area contributed by atoms with Gasteiger partial charge >= 0.3 is 0 Å². The number of amides is 1. The lowest BCUT2D eigenvalue weighted by Gasteiger charge is -2.26. The molecule has 2 saturated heterocycles. The number of rotatable bonds is 4. The van der Waals surface area contributed by atoms with Crippen LogP contribution in [0.15, 0.2) is 12.3 Å². The number of anilines is 1. The number of nitrogens with zero attached hydrogens (tertiary/aromatic N) is 3. The van der Waals surface area contributed by atoms with Crippen molar-refractivity contribution in [2.75, 3.05) is 44.8 Å². The molecule has 0 saturated carbocycles. The molecule has 0 bridgehead atoms. The Bertz CT molecular complexity index is 485. The Labute approximate surface area is 123 Å². The van der Waals surface area contributed by atoms with Gasteiger partial charge in [0.25, 0.3) is 5.91 Å². The fraction of sp³-hybridized carbons (Fsp3) is 0.643. The smallest absolute Gasteiger partial charge is 0.272 e. The molecule has 0 aliphatic carbocycles. The summed E-state index contributed by atoms with van der Waals surface area (Å²) in [5.41, 5.74) is 0.418. The molecule has 1 aromatic rings. The van der Waals surface area contributed by atoms with Crippen molar-refractivity contribution in [2.45, 2.75) is 18.9 Å². The first kappa shape index (κ1) is 14.2. The third-order valence-corrected chi connectivity index (χ3v) is 3.68. The molecule has 7 heteroatoms. The number of hydrogen-bond donors (Lipinski definition) is 1. The van der Waals surface area contributed by atoms with E-state index in [0.29, 0.717) is 44.5 Å². The minimum absolute atomic E-state index is 0.0686. The maximum atomic E-state index is 12.3. The number of aromatic nitrogens is 2. The van der Waals surface area contributed by atoms with Crippen LogP contribution in [-0.4, -0.2) is 66.3 Å². The van der Waals surface area contributed by atoms with Crippen LogP contribution < -0.4 is 5.32 Å². The normalized spacial score (nSPS) is 22.3. The highest BCUT2D eigenvalue weighted by Gasteiger charge is 2.20. The Hall–Kier alpha value is -1.73. The Morgan fingerprint density at radius 3 is 3.00 bits per heavy atom. The van der Waals surface area contributed by atoms with Crippen molar-refractivity contribution in [3.63, 3.8) is 0 Å². The summed E-state index contributed by atoms with van der Waals surface area (Å²) in [5, 5.41) is 3.14. The lowest BCUT2D eigenvalue weighted by molar-refractivity contribution is 0.0299. The van der Waals surface area contributed by atoms with E-state index in [1.807, 2.05) is 0 Å². The van der Waals surface area contributed by atoms with Crippen molar-refractivity contribution in [2.24, 2.45) is 0 Å². The monoisotopic (exact) mass is 292 g/mol. The molecule has 2 aliphatic heterocycles. The van der Waals surface area contributed by atoms with Gasteiger partial charge in [-0.25, -0.2) is 9.97 Å². The van der Waals surface area contributed by atoms with Crippen LogP contribution in [-0.2, 0) is 9.47 Å². The predicted molar refractivity (Wildman–Crippen MR) is 76.2 cm³/mol. The van der Waals surface area contributed by atoms with Gasteiger partial charge in [0.05, 0.1) is 19.3 Å². The van der Waals surface area contributed by atoms with Crippen LogP contribution >= 0.6 is 0 Å². The van der Waals surface area contributed by atoms with Gasteiger partial charge in [-0.05, 0) is 18.9 Å². The Morgan fingerprint density at radius 2 is 2.24 bits per heavy atom. The van der Waals surface area contributed by atoms with E-state index in [2.05, 4.69) is 15.3 Å². The van der Waals surface area contributed by atoms with E-state index in [1.54, 1.807) is 17.2 Å². The zero-order chi connectivity index (χ0) is 14.5. The summed E-state index contributed by atoms with van der Waals surface area (Å²) in [5.74, 6) is 0.408. The molecular weight excluding hydrogens is 272 g/mol. The molecule has 1 aromatic heterocycles. The highest BCUT2D eigenvalue weighted by Crippen LogP contribution is 2.12. The standard InChI is InChI=1S/C14H20N4O3/c19-13(18-5-8-20-9-6-18)12-3-4-15-14(17-12)16-10-11-2-1-7-21-11/h3-4,11H,1-2,5-10H2,(H,15,16,17). The number of nitrogens with one attached hydrogen (secondary N) is 1. The summed E-state index contributed by atoms with van der Waals surface area (Å²) in [6.07, 6.45) is 3.98. The van der Waals surface area contributed by atoms with Gasteiger partial charge in [-0.3, -0.25) is 4.79 Å². The molecule has 2 fully saturated rings. The zero-order valence-corrected chi connectivity index (χ0v) is 12.0. The quantitative estimate of drug-likeness (QED) is 0.873. The first-order valence-electron chi connectivity index (χ1n) is 7.38. The van der Waals surface area contributed by atoms with Crippen LogP contribution in [0.25, 0.3) is 0 Å². The van der Waals surface area contributed by atoms with Crippen molar-refractivity contribution in [1.82, 2.24) is 14.9 Å². The molecule has 1 N–H and O–H groups in total. The molecule has 3 heterocycles. The second-order valence-corrected chi connectivity index (χ2v) is 5.19. The summed E-state index contributed by atoms with van der Waals surface area (Å²) < 4.78 is 10.8. The minimum atomic E-state index is -0.0686. The molecule has 114 valence electrons. The van der Waals surface area contributed by atoms with E-state index in [4.69, 9.17) is 9.47 Å². The van der Waals surface area contributed by atoms with Crippen LogP contribution in [0.4, 0.5) is 5.95 Å². The molecule has 0 aromatic carbocycles. The van der Waals surface area contributed by atoms with E-state index in [-0.39, 0.29) is 12.0 Å². The topological polar surface area (TPSA) is 76.6 Å². The number of carbonyl (C=O) groups is 1. The highest BCUT2D eigenvalue weighted by atomic mass is 16.5. The lowest BCUT2D eigenvalue weighted by Crippen LogP contribution is -2.41. The van der Waals surface area contributed by atoms with Crippen molar-refractivity contribution < 1.29 is 14.3 Å². The maximum absolute atomic E-state index is 12.3. The minimum Gasteiger partial charge on any atom is -0.378 e.